The van der Waals surface area contributed by atoms with Crippen molar-refractivity contribution < 1.29 is 43.7 Å². The Bertz CT molecular complexity index is 583. The first-order valence-electron chi connectivity index (χ1n) is 9.51. The van der Waals surface area contributed by atoms with Crippen LogP contribution in [0.4, 0.5) is 0 Å². The van der Waals surface area contributed by atoms with Gasteiger partial charge in [-0.05, 0) is 26.8 Å². The summed E-state index contributed by atoms with van der Waals surface area (Å²) in [6.45, 7) is 2.41. The van der Waals surface area contributed by atoms with Gasteiger partial charge in [0.25, 0.3) is 0 Å². The monoisotopic (exact) mass is 433 g/mol. The summed E-state index contributed by atoms with van der Waals surface area (Å²) in [6, 6.07) is -2.16. The molecule has 30 heavy (non-hydrogen) atoms. The third kappa shape index (κ3) is 14.4. The van der Waals surface area contributed by atoms with Crippen LogP contribution in [0.1, 0.15) is 32.6 Å². The van der Waals surface area contributed by atoms with Crippen molar-refractivity contribution in [3.63, 3.8) is 0 Å². The lowest BCUT2D eigenvalue weighted by molar-refractivity contribution is -0.143. The smallest absolute Gasteiger partial charge is 0.326 e. The van der Waals surface area contributed by atoms with E-state index in [1.54, 1.807) is 0 Å². The van der Waals surface area contributed by atoms with Gasteiger partial charge in [-0.25, -0.2) is 4.79 Å². The van der Waals surface area contributed by atoms with Crippen LogP contribution in [0.15, 0.2) is 0 Å². The molecule has 12 nitrogen and oxygen atoms in total. The maximum atomic E-state index is 11.9. The van der Waals surface area contributed by atoms with E-state index in [1.165, 1.54) is 14.0 Å². The number of nitrogens with one attached hydrogen (secondary N) is 3. The van der Waals surface area contributed by atoms with E-state index in [0.29, 0.717) is 0 Å². The Morgan fingerprint density at radius 3 is 1.97 bits per heavy atom. The topological polar surface area (TPSA) is 180 Å². The number of carboxylic acid groups (broad SMARTS) is 2. The molecule has 5 N–H and O–H groups in total. The maximum Gasteiger partial charge on any atom is 0.326 e. The summed E-state index contributed by atoms with van der Waals surface area (Å²) in [7, 11) is 1.45. The van der Waals surface area contributed by atoms with Crippen molar-refractivity contribution in [1.82, 2.24) is 16.0 Å². The van der Waals surface area contributed by atoms with E-state index in [9.17, 15) is 29.1 Å². The average Bonchev–Trinajstić information content (AvgIpc) is 2.66. The first-order chi connectivity index (χ1) is 14.2. The van der Waals surface area contributed by atoms with Gasteiger partial charge in [-0.3, -0.25) is 19.2 Å². The molecule has 0 aliphatic rings. The largest absolute Gasteiger partial charge is 0.480 e. The van der Waals surface area contributed by atoms with Crippen molar-refractivity contribution in [2.75, 3.05) is 40.0 Å². The number of likely N-dealkylation sites (N-methyl/N-ethyl adjacent to an activating group) is 1. The van der Waals surface area contributed by atoms with E-state index in [0.717, 1.165) is 0 Å². The van der Waals surface area contributed by atoms with E-state index in [4.69, 9.17) is 14.6 Å². The Hall–Kier alpha value is -2.57. The van der Waals surface area contributed by atoms with Crippen LogP contribution in [-0.4, -0.2) is 91.9 Å². The van der Waals surface area contributed by atoms with Crippen LogP contribution in [-0.2, 0) is 33.4 Å². The number of carbonyl (C=O) groups is 5. The lowest BCUT2D eigenvalue weighted by Crippen LogP contribution is -2.42. The van der Waals surface area contributed by atoms with Crippen LogP contribution in [0, 0.1) is 0 Å². The number of ketones is 1. The van der Waals surface area contributed by atoms with E-state index >= 15 is 0 Å². The number of Topliss-reactive ketones (excluding diaryl/α,β-unsaturated/α-hetero) is 1. The zero-order valence-electron chi connectivity index (χ0n) is 17.3. The molecule has 2 amide bonds. The minimum Gasteiger partial charge on any atom is -0.480 e. The number of hydrogen-bond donors (Lipinski definition) is 5. The molecule has 0 spiro atoms. The van der Waals surface area contributed by atoms with Gasteiger partial charge in [-0.1, -0.05) is 0 Å². The fourth-order valence-corrected chi connectivity index (χ4v) is 2.25. The molecule has 172 valence electrons. The zero-order valence-corrected chi connectivity index (χ0v) is 17.3. The Kier molecular flexibility index (Phi) is 14.9. The van der Waals surface area contributed by atoms with Crippen LogP contribution >= 0.6 is 0 Å². The van der Waals surface area contributed by atoms with Crippen LogP contribution in [0.3, 0.4) is 0 Å². The van der Waals surface area contributed by atoms with Crippen molar-refractivity contribution in [1.29, 1.82) is 0 Å². The Labute approximate surface area is 174 Å². The van der Waals surface area contributed by atoms with Gasteiger partial charge in [0.1, 0.15) is 18.7 Å². The molecule has 0 rings (SSSR count). The number of rotatable bonds is 18. The molecule has 0 radical (unpaired) electrons. The molecule has 0 aromatic carbocycles. The zero-order chi connectivity index (χ0) is 22.9. The second-order valence-corrected chi connectivity index (χ2v) is 6.43. The number of carbonyl (C=O) groups excluding carboxylic acids is 3. The predicted molar refractivity (Wildman–Crippen MR) is 104 cm³/mol. The van der Waals surface area contributed by atoms with Crippen molar-refractivity contribution >= 4 is 29.5 Å². The molecule has 0 unspecified atom stereocenters. The molecule has 0 aliphatic carbocycles. The SMILES string of the molecule is CN[C@@H](CCC(=O)N[C@H](CCC(=O)NCCOCCOCC(C)=O)C(=O)O)C(=O)O. The Morgan fingerprint density at radius 1 is 0.833 bits per heavy atom. The lowest BCUT2D eigenvalue weighted by atomic mass is 10.1. The molecule has 0 heterocycles. The Morgan fingerprint density at radius 2 is 1.40 bits per heavy atom. The van der Waals surface area contributed by atoms with E-state index in [2.05, 4.69) is 16.0 Å². The van der Waals surface area contributed by atoms with E-state index < -0.39 is 35.8 Å². The fraction of sp³-hybridized carbons (Fsp3) is 0.722. The van der Waals surface area contributed by atoms with Gasteiger partial charge in [-0.15, -0.1) is 0 Å². The summed E-state index contributed by atoms with van der Waals surface area (Å²) in [5.74, 6) is -3.48. The number of amides is 2. The van der Waals surface area contributed by atoms with Crippen molar-refractivity contribution in [2.45, 2.75) is 44.7 Å². The predicted octanol–water partition coefficient (Wildman–Crippen LogP) is -1.47. The molecule has 0 fully saturated rings. The minimum absolute atomic E-state index is 0.00425. The second kappa shape index (κ2) is 16.3. The second-order valence-electron chi connectivity index (χ2n) is 6.43. The van der Waals surface area contributed by atoms with Gasteiger partial charge in [0.15, 0.2) is 5.78 Å². The summed E-state index contributed by atoms with van der Waals surface area (Å²) in [5.41, 5.74) is 0. The summed E-state index contributed by atoms with van der Waals surface area (Å²) in [6.07, 6.45) is -0.389. The lowest BCUT2D eigenvalue weighted by Gasteiger charge is -2.16. The van der Waals surface area contributed by atoms with Gasteiger partial charge >= 0.3 is 11.9 Å². The highest BCUT2D eigenvalue weighted by atomic mass is 16.5. The molecule has 0 aromatic rings. The molecule has 0 saturated carbocycles. The van der Waals surface area contributed by atoms with Gasteiger partial charge in [0.05, 0.1) is 19.8 Å². The highest BCUT2D eigenvalue weighted by Gasteiger charge is 2.22. The van der Waals surface area contributed by atoms with Gasteiger partial charge < -0.3 is 35.6 Å². The molecule has 0 saturated heterocycles. The molecular weight excluding hydrogens is 402 g/mol. The molecule has 0 aromatic heterocycles. The fourth-order valence-electron chi connectivity index (χ4n) is 2.25. The van der Waals surface area contributed by atoms with Crippen LogP contribution < -0.4 is 16.0 Å². The van der Waals surface area contributed by atoms with Crippen LogP contribution in [0.25, 0.3) is 0 Å². The van der Waals surface area contributed by atoms with Crippen LogP contribution in [0.5, 0.6) is 0 Å². The average molecular weight is 433 g/mol. The maximum absolute atomic E-state index is 11.9. The van der Waals surface area contributed by atoms with Gasteiger partial charge in [-0.2, -0.15) is 0 Å². The van der Waals surface area contributed by atoms with E-state index in [-0.39, 0.29) is 64.4 Å². The van der Waals surface area contributed by atoms with Gasteiger partial charge in [0.2, 0.25) is 11.8 Å². The summed E-state index contributed by atoms with van der Waals surface area (Å²) >= 11 is 0. The summed E-state index contributed by atoms with van der Waals surface area (Å²) < 4.78 is 10.2. The first-order valence-corrected chi connectivity index (χ1v) is 9.51. The third-order valence-electron chi connectivity index (χ3n) is 3.85. The van der Waals surface area contributed by atoms with Crippen LogP contribution in [0.2, 0.25) is 0 Å². The number of hydrogen-bond acceptors (Lipinski definition) is 8. The third-order valence-corrected chi connectivity index (χ3v) is 3.85. The van der Waals surface area contributed by atoms with Crippen molar-refractivity contribution in [3.05, 3.63) is 0 Å². The number of aliphatic carboxylic acids is 2. The van der Waals surface area contributed by atoms with Gasteiger partial charge in [0, 0.05) is 19.4 Å². The summed E-state index contributed by atoms with van der Waals surface area (Å²) in [4.78, 5) is 56.5. The molecule has 12 heteroatoms. The molecule has 0 aliphatic heterocycles. The summed E-state index contributed by atoms with van der Waals surface area (Å²) in [5, 5.41) is 25.5. The van der Waals surface area contributed by atoms with E-state index in [1.807, 2.05) is 0 Å². The molecule has 2 atom stereocenters. The first kappa shape index (κ1) is 27.4. The number of carboxylic acids is 2. The minimum atomic E-state index is -1.28. The normalized spacial score (nSPS) is 12.6. The van der Waals surface area contributed by atoms with Crippen molar-refractivity contribution in [2.24, 2.45) is 0 Å². The highest BCUT2D eigenvalue weighted by Crippen LogP contribution is 2.02. The Balaban J connectivity index is 4.04. The number of ether oxygens (including phenoxy) is 2. The molecule has 0 bridgehead atoms. The molecular formula is C18H31N3O9. The van der Waals surface area contributed by atoms with Crippen molar-refractivity contribution in [3.8, 4) is 0 Å². The quantitative estimate of drug-likeness (QED) is 0.160. The standard InChI is InChI=1S/C18H31N3O9/c1-12(22)11-30-10-9-29-8-7-20-15(23)5-4-14(18(27)28)21-16(24)6-3-13(19-2)17(25)26/h13-14,19H,3-11H2,1-2H3,(H,20,23)(H,21,24)(H,25,26)(H,27,28)/t13-,14+/m0/s1. The highest BCUT2D eigenvalue weighted by molar-refractivity contribution is 5.85.